The van der Waals surface area contributed by atoms with Gasteiger partial charge in [0, 0.05) is 16.4 Å². The second kappa shape index (κ2) is 7.10. The van der Waals surface area contributed by atoms with Crippen molar-refractivity contribution >= 4 is 22.5 Å². The van der Waals surface area contributed by atoms with Crippen molar-refractivity contribution in [2.45, 2.75) is 6.92 Å². The van der Waals surface area contributed by atoms with Crippen LogP contribution in [0.2, 0.25) is 0 Å². The molecule has 0 N–H and O–H groups in total. The summed E-state index contributed by atoms with van der Waals surface area (Å²) in [7, 11) is 0. The molecule has 0 radical (unpaired) electrons. The van der Waals surface area contributed by atoms with Gasteiger partial charge >= 0.3 is 11.6 Å². The Bertz CT molecular complexity index is 832. The predicted molar refractivity (Wildman–Crippen MR) is 81.1 cm³/mol. The van der Waals surface area contributed by atoms with Gasteiger partial charge in [-0.05, 0) is 30.2 Å². The van der Waals surface area contributed by atoms with E-state index < -0.39 is 11.6 Å². The van der Waals surface area contributed by atoms with Gasteiger partial charge in [-0.25, -0.2) is 9.59 Å². The average molecular weight is 299 g/mol. The van der Waals surface area contributed by atoms with Crippen LogP contribution < -0.4 is 5.63 Å². The van der Waals surface area contributed by atoms with E-state index in [1.165, 1.54) is 0 Å². The summed E-state index contributed by atoms with van der Waals surface area (Å²) < 4.78 is 10.0. The van der Waals surface area contributed by atoms with E-state index in [0.29, 0.717) is 11.0 Å². The molecule has 0 bridgehead atoms. The predicted octanol–water partition coefficient (Wildman–Crippen LogP) is 3.05. The summed E-state index contributed by atoms with van der Waals surface area (Å²) in [4.78, 5) is 26.3. The fourth-order valence-corrected chi connectivity index (χ4v) is 1.93. The quantitative estimate of drug-likeness (QED) is 0.211. The molecule has 2 aromatic rings. The molecule has 0 saturated carbocycles. The van der Waals surface area contributed by atoms with Gasteiger partial charge in [-0.2, -0.15) is 0 Å². The zero-order valence-corrected chi connectivity index (χ0v) is 11.9. The maximum Gasteiger partial charge on any atom is 0.343 e. The Hall–Kier alpha value is -3.05. The topological polar surface area (TPSA) is 105 Å². The van der Waals surface area contributed by atoms with Crippen molar-refractivity contribution in [2.24, 2.45) is 5.11 Å². The van der Waals surface area contributed by atoms with E-state index in [0.717, 1.165) is 6.08 Å². The summed E-state index contributed by atoms with van der Waals surface area (Å²) in [5, 5.41) is 4.11. The summed E-state index contributed by atoms with van der Waals surface area (Å²) in [5.41, 5.74) is 8.70. The molecule has 0 unspecified atom stereocenters. The number of benzene rings is 1. The molecule has 0 atom stereocenters. The third-order valence-corrected chi connectivity index (χ3v) is 2.87. The first-order valence-corrected chi connectivity index (χ1v) is 6.57. The number of fused-ring (bicyclic) bond motifs is 1. The Kier molecular flexibility index (Phi) is 4.95. The summed E-state index contributed by atoms with van der Waals surface area (Å²) in [6.07, 6.45) is 1.14. The van der Waals surface area contributed by atoms with Crippen LogP contribution in [0.15, 0.2) is 50.7 Å². The van der Waals surface area contributed by atoms with Crippen LogP contribution in [0.5, 0.6) is 0 Å². The molecule has 1 aromatic heterocycles. The number of carbonyl (C=O) groups excluding carboxylic acids is 1. The smallest absolute Gasteiger partial charge is 0.343 e. The maximum atomic E-state index is 12.1. The summed E-state index contributed by atoms with van der Waals surface area (Å²) in [5.74, 6) is -0.613. The van der Waals surface area contributed by atoms with Crippen LogP contribution in [-0.4, -0.2) is 19.1 Å². The van der Waals surface area contributed by atoms with Crippen molar-refractivity contribution in [3.63, 3.8) is 0 Å². The van der Waals surface area contributed by atoms with Gasteiger partial charge < -0.3 is 9.15 Å². The Morgan fingerprint density at radius 2 is 2.23 bits per heavy atom. The number of azide groups is 1. The lowest BCUT2D eigenvalue weighted by molar-refractivity contribution is -0.137. The first kappa shape index (κ1) is 15.3. The number of hydrogen-bond acceptors (Lipinski definition) is 5. The van der Waals surface area contributed by atoms with Crippen LogP contribution in [0.25, 0.3) is 27.0 Å². The van der Waals surface area contributed by atoms with Gasteiger partial charge in [-0.3, -0.25) is 0 Å². The van der Waals surface area contributed by atoms with Crippen molar-refractivity contribution < 1.29 is 13.9 Å². The molecule has 1 heterocycles. The third kappa shape index (κ3) is 3.53. The molecule has 0 aliphatic rings. The van der Waals surface area contributed by atoms with E-state index in [9.17, 15) is 9.59 Å². The lowest BCUT2D eigenvalue weighted by Crippen LogP contribution is -2.10. The Morgan fingerprint density at radius 3 is 2.95 bits per heavy atom. The molecule has 7 nitrogen and oxygen atoms in total. The maximum absolute atomic E-state index is 12.1. The van der Waals surface area contributed by atoms with E-state index in [4.69, 9.17) is 14.7 Å². The molecule has 0 saturated heterocycles. The van der Waals surface area contributed by atoms with Gasteiger partial charge in [0.2, 0.25) is 0 Å². The van der Waals surface area contributed by atoms with Gasteiger partial charge in [0.15, 0.2) is 0 Å². The average Bonchev–Trinajstić information content (AvgIpc) is 2.51. The number of carbonyl (C=O) groups is 1. The lowest BCUT2D eigenvalue weighted by Gasteiger charge is -2.05. The van der Waals surface area contributed by atoms with Crippen LogP contribution >= 0.6 is 0 Å². The second-order valence-corrected chi connectivity index (χ2v) is 4.30. The van der Waals surface area contributed by atoms with E-state index in [2.05, 4.69) is 10.0 Å². The van der Waals surface area contributed by atoms with Gasteiger partial charge in [0.25, 0.3) is 0 Å². The molecular weight excluding hydrogens is 286 g/mol. The molecular formula is C15H13N3O4. The van der Waals surface area contributed by atoms with Crippen molar-refractivity contribution in [3.05, 3.63) is 62.8 Å². The van der Waals surface area contributed by atoms with E-state index in [1.807, 2.05) is 0 Å². The highest BCUT2D eigenvalue weighted by atomic mass is 16.5. The molecule has 0 aliphatic carbocycles. The Morgan fingerprint density at radius 1 is 1.45 bits per heavy atom. The largest absolute Gasteiger partial charge is 0.463 e. The Balaban J connectivity index is 2.55. The summed E-state index contributed by atoms with van der Waals surface area (Å²) >= 11 is 0. The number of para-hydroxylation sites is 1. The highest BCUT2D eigenvalue weighted by Gasteiger charge is 2.12. The first-order valence-electron chi connectivity index (χ1n) is 6.57. The van der Waals surface area contributed by atoms with Crippen LogP contribution in [0.4, 0.5) is 0 Å². The van der Waals surface area contributed by atoms with E-state index in [-0.39, 0.29) is 24.3 Å². The standard InChI is InChI=1S/C15H13N3O4/c1-2-21-14(19)8-11(9-17-18-16)12-7-10-5-3-4-6-13(10)22-15(12)20/h3-8H,2,9H2,1H3/b11-8+. The number of rotatable bonds is 5. The number of esters is 1. The molecule has 22 heavy (non-hydrogen) atoms. The number of hydrogen-bond donors (Lipinski definition) is 0. The molecule has 0 aliphatic heterocycles. The lowest BCUT2D eigenvalue weighted by atomic mass is 10.1. The molecule has 0 fully saturated rings. The minimum Gasteiger partial charge on any atom is -0.463 e. The van der Waals surface area contributed by atoms with Gasteiger partial charge in [0.05, 0.1) is 18.7 Å². The monoisotopic (exact) mass is 299 g/mol. The normalized spacial score (nSPS) is 11.0. The zero-order valence-electron chi connectivity index (χ0n) is 11.9. The molecule has 112 valence electrons. The molecule has 0 amide bonds. The van der Waals surface area contributed by atoms with Crippen molar-refractivity contribution in [3.8, 4) is 0 Å². The van der Waals surface area contributed by atoms with Crippen molar-refractivity contribution in [1.82, 2.24) is 0 Å². The third-order valence-electron chi connectivity index (χ3n) is 2.87. The minimum absolute atomic E-state index is 0.154. The van der Waals surface area contributed by atoms with E-state index in [1.54, 1.807) is 37.3 Å². The number of nitrogens with zero attached hydrogens (tertiary/aromatic N) is 3. The van der Waals surface area contributed by atoms with Crippen LogP contribution in [-0.2, 0) is 9.53 Å². The van der Waals surface area contributed by atoms with Gasteiger partial charge in [-0.1, -0.05) is 23.3 Å². The summed E-state index contributed by atoms with van der Waals surface area (Å²) in [6, 6.07) is 8.59. The first-order chi connectivity index (χ1) is 10.7. The Labute approximate surface area is 125 Å². The molecule has 1 aromatic carbocycles. The highest BCUT2D eigenvalue weighted by molar-refractivity contribution is 5.93. The van der Waals surface area contributed by atoms with Crippen LogP contribution in [0.3, 0.4) is 0 Å². The van der Waals surface area contributed by atoms with Crippen molar-refractivity contribution in [2.75, 3.05) is 13.2 Å². The van der Waals surface area contributed by atoms with E-state index >= 15 is 0 Å². The molecule has 2 rings (SSSR count). The molecule has 0 spiro atoms. The van der Waals surface area contributed by atoms with Gasteiger partial charge in [0.1, 0.15) is 5.58 Å². The SMILES string of the molecule is CCOC(=O)/C=C(\CN=[N+]=[N-])c1cc2ccccc2oc1=O. The highest BCUT2D eigenvalue weighted by Crippen LogP contribution is 2.18. The molecule has 7 heteroatoms. The fourth-order valence-electron chi connectivity index (χ4n) is 1.93. The number of ether oxygens (including phenoxy) is 1. The second-order valence-electron chi connectivity index (χ2n) is 4.30. The van der Waals surface area contributed by atoms with Gasteiger partial charge in [-0.15, -0.1) is 0 Å². The minimum atomic E-state index is -0.613. The van der Waals surface area contributed by atoms with Crippen LogP contribution in [0.1, 0.15) is 12.5 Å². The van der Waals surface area contributed by atoms with Crippen molar-refractivity contribution in [1.29, 1.82) is 0 Å². The summed E-state index contributed by atoms with van der Waals surface area (Å²) in [6.45, 7) is 1.72. The zero-order chi connectivity index (χ0) is 15.9. The van der Waals surface area contributed by atoms with Crippen LogP contribution in [0, 0.1) is 0 Å². The fraction of sp³-hybridized carbons (Fsp3) is 0.200.